The SMILES string of the molecule is COCCCn1ncc2ccc(Nc3nccc(N)n3)cc21. The maximum atomic E-state index is 5.66. The second-order valence-electron chi connectivity index (χ2n) is 4.92. The van der Waals surface area contributed by atoms with Gasteiger partial charge >= 0.3 is 0 Å². The van der Waals surface area contributed by atoms with Gasteiger partial charge in [0.25, 0.3) is 0 Å². The third kappa shape index (κ3) is 3.15. The number of nitrogen functional groups attached to an aromatic ring is 1. The molecule has 0 fully saturated rings. The van der Waals surface area contributed by atoms with E-state index in [2.05, 4.69) is 20.4 Å². The van der Waals surface area contributed by atoms with E-state index in [0.29, 0.717) is 11.8 Å². The zero-order valence-electron chi connectivity index (χ0n) is 12.4. The molecule has 1 aromatic carbocycles. The van der Waals surface area contributed by atoms with Crippen molar-refractivity contribution < 1.29 is 4.74 Å². The monoisotopic (exact) mass is 298 g/mol. The molecule has 0 spiro atoms. The van der Waals surface area contributed by atoms with E-state index >= 15 is 0 Å². The fourth-order valence-electron chi connectivity index (χ4n) is 2.25. The minimum atomic E-state index is 0.434. The molecule has 0 saturated heterocycles. The minimum Gasteiger partial charge on any atom is -0.385 e. The van der Waals surface area contributed by atoms with Gasteiger partial charge < -0.3 is 15.8 Å². The Kier molecular flexibility index (Phi) is 4.15. The van der Waals surface area contributed by atoms with E-state index in [-0.39, 0.29) is 0 Å². The Morgan fingerprint density at radius 1 is 1.32 bits per heavy atom. The molecule has 7 nitrogen and oxygen atoms in total. The second-order valence-corrected chi connectivity index (χ2v) is 4.92. The van der Waals surface area contributed by atoms with Gasteiger partial charge in [0.1, 0.15) is 5.82 Å². The number of aromatic nitrogens is 4. The average molecular weight is 298 g/mol. The van der Waals surface area contributed by atoms with Gasteiger partial charge in [-0.1, -0.05) is 0 Å². The maximum Gasteiger partial charge on any atom is 0.229 e. The molecule has 0 radical (unpaired) electrons. The summed E-state index contributed by atoms with van der Waals surface area (Å²) in [6.07, 6.45) is 4.41. The molecule has 0 saturated carbocycles. The summed E-state index contributed by atoms with van der Waals surface area (Å²) in [6.45, 7) is 1.53. The van der Waals surface area contributed by atoms with Crippen molar-refractivity contribution in [3.8, 4) is 0 Å². The number of nitrogens with zero attached hydrogens (tertiary/aromatic N) is 4. The van der Waals surface area contributed by atoms with Gasteiger partial charge in [0.05, 0.1) is 11.7 Å². The zero-order chi connectivity index (χ0) is 15.4. The highest BCUT2D eigenvalue weighted by atomic mass is 16.5. The Bertz CT molecular complexity index is 770. The number of ether oxygens (including phenoxy) is 1. The van der Waals surface area contributed by atoms with Crippen molar-refractivity contribution in [2.45, 2.75) is 13.0 Å². The molecule has 7 heteroatoms. The van der Waals surface area contributed by atoms with Crippen LogP contribution in [0.4, 0.5) is 17.5 Å². The first-order chi connectivity index (χ1) is 10.8. The molecule has 3 aromatic rings. The predicted molar refractivity (Wildman–Crippen MR) is 86.0 cm³/mol. The highest BCUT2D eigenvalue weighted by Gasteiger charge is 2.05. The first kappa shape index (κ1) is 14.3. The van der Waals surface area contributed by atoms with Crippen molar-refractivity contribution in [3.63, 3.8) is 0 Å². The zero-order valence-corrected chi connectivity index (χ0v) is 12.4. The normalized spacial score (nSPS) is 11.0. The predicted octanol–water partition coefficient (Wildman–Crippen LogP) is 2.19. The van der Waals surface area contributed by atoms with Crippen molar-refractivity contribution >= 4 is 28.4 Å². The Labute approximate surface area is 128 Å². The molecule has 0 aliphatic rings. The Morgan fingerprint density at radius 3 is 3.05 bits per heavy atom. The number of methoxy groups -OCH3 is 1. The minimum absolute atomic E-state index is 0.434. The van der Waals surface area contributed by atoms with Crippen LogP contribution < -0.4 is 11.1 Å². The molecular weight excluding hydrogens is 280 g/mol. The lowest BCUT2D eigenvalue weighted by Gasteiger charge is -2.07. The van der Waals surface area contributed by atoms with Gasteiger partial charge in [-0.15, -0.1) is 0 Å². The number of nitrogens with two attached hydrogens (primary N) is 1. The average Bonchev–Trinajstić information content (AvgIpc) is 2.90. The third-order valence-electron chi connectivity index (χ3n) is 3.30. The van der Waals surface area contributed by atoms with Crippen LogP contribution in [0.3, 0.4) is 0 Å². The van der Waals surface area contributed by atoms with Crippen molar-refractivity contribution in [1.29, 1.82) is 0 Å². The lowest BCUT2D eigenvalue weighted by Crippen LogP contribution is -2.03. The van der Waals surface area contributed by atoms with Crippen LogP contribution in [-0.2, 0) is 11.3 Å². The Balaban J connectivity index is 1.83. The van der Waals surface area contributed by atoms with Crippen LogP contribution in [0.1, 0.15) is 6.42 Å². The topological polar surface area (TPSA) is 90.9 Å². The van der Waals surface area contributed by atoms with Gasteiger partial charge in [-0.25, -0.2) is 4.98 Å². The molecule has 2 aromatic heterocycles. The molecule has 0 aliphatic carbocycles. The molecule has 0 bridgehead atoms. The quantitative estimate of drug-likeness (QED) is 0.678. The molecule has 0 amide bonds. The molecule has 114 valence electrons. The summed E-state index contributed by atoms with van der Waals surface area (Å²) in [5.41, 5.74) is 7.62. The van der Waals surface area contributed by atoms with Gasteiger partial charge in [-0.3, -0.25) is 4.68 Å². The van der Waals surface area contributed by atoms with Crippen LogP contribution >= 0.6 is 0 Å². The fraction of sp³-hybridized carbons (Fsp3) is 0.267. The molecule has 0 aliphatic heterocycles. The van der Waals surface area contributed by atoms with Crippen LogP contribution in [0.5, 0.6) is 0 Å². The van der Waals surface area contributed by atoms with Crippen molar-refractivity contribution in [2.75, 3.05) is 24.8 Å². The van der Waals surface area contributed by atoms with Crippen LogP contribution in [0.25, 0.3) is 10.9 Å². The van der Waals surface area contributed by atoms with Gasteiger partial charge in [-0.05, 0) is 30.7 Å². The van der Waals surface area contributed by atoms with Gasteiger partial charge in [0.2, 0.25) is 5.95 Å². The van der Waals surface area contributed by atoms with E-state index in [1.54, 1.807) is 19.4 Å². The summed E-state index contributed by atoms with van der Waals surface area (Å²) in [4.78, 5) is 8.28. The molecule has 0 atom stereocenters. The lowest BCUT2D eigenvalue weighted by atomic mass is 10.2. The van der Waals surface area contributed by atoms with Gasteiger partial charge in [-0.2, -0.15) is 10.1 Å². The van der Waals surface area contributed by atoms with Gasteiger partial charge in [0, 0.05) is 37.5 Å². The largest absolute Gasteiger partial charge is 0.385 e. The molecule has 3 N–H and O–H groups in total. The maximum absolute atomic E-state index is 5.66. The summed E-state index contributed by atoms with van der Waals surface area (Å²) in [5.74, 6) is 0.910. The fourth-order valence-corrected chi connectivity index (χ4v) is 2.25. The summed E-state index contributed by atoms with van der Waals surface area (Å²) in [7, 11) is 1.70. The molecule has 22 heavy (non-hydrogen) atoms. The number of rotatable bonds is 6. The van der Waals surface area contributed by atoms with E-state index < -0.39 is 0 Å². The Hall–Kier alpha value is -2.67. The van der Waals surface area contributed by atoms with E-state index in [1.165, 1.54) is 0 Å². The molecule has 0 unspecified atom stereocenters. The molecule has 3 rings (SSSR count). The number of nitrogens with one attached hydrogen (secondary N) is 1. The number of hydrogen-bond acceptors (Lipinski definition) is 6. The number of benzene rings is 1. The standard InChI is InChI=1S/C15H18N6O/c1-22-8-2-7-21-13-9-12(4-3-11(13)10-18-21)19-15-17-6-5-14(16)20-15/h3-6,9-10H,2,7-8H2,1H3,(H3,16,17,19,20). The van der Waals surface area contributed by atoms with Crippen molar-refractivity contribution in [2.24, 2.45) is 0 Å². The number of hydrogen-bond donors (Lipinski definition) is 2. The summed E-state index contributed by atoms with van der Waals surface area (Å²) < 4.78 is 7.06. The summed E-state index contributed by atoms with van der Waals surface area (Å²) in [6, 6.07) is 7.67. The first-order valence-electron chi connectivity index (χ1n) is 7.06. The molecular formula is C15H18N6O. The van der Waals surface area contributed by atoms with E-state index in [9.17, 15) is 0 Å². The van der Waals surface area contributed by atoms with Crippen molar-refractivity contribution in [3.05, 3.63) is 36.7 Å². The van der Waals surface area contributed by atoms with E-state index in [4.69, 9.17) is 10.5 Å². The third-order valence-corrected chi connectivity index (χ3v) is 3.30. The first-order valence-corrected chi connectivity index (χ1v) is 7.06. The van der Waals surface area contributed by atoms with Crippen LogP contribution in [0, 0.1) is 0 Å². The second kappa shape index (κ2) is 6.40. The smallest absolute Gasteiger partial charge is 0.229 e. The number of aryl methyl sites for hydroxylation is 1. The van der Waals surface area contributed by atoms with E-state index in [1.807, 2.05) is 29.1 Å². The Morgan fingerprint density at radius 2 is 2.23 bits per heavy atom. The summed E-state index contributed by atoms with van der Waals surface area (Å²) >= 11 is 0. The van der Waals surface area contributed by atoms with Crippen LogP contribution in [0.2, 0.25) is 0 Å². The van der Waals surface area contributed by atoms with Crippen LogP contribution in [0.15, 0.2) is 36.7 Å². The van der Waals surface area contributed by atoms with Crippen molar-refractivity contribution in [1.82, 2.24) is 19.7 Å². The summed E-state index contributed by atoms with van der Waals surface area (Å²) in [5, 5.41) is 8.66. The highest BCUT2D eigenvalue weighted by molar-refractivity contribution is 5.83. The number of fused-ring (bicyclic) bond motifs is 1. The van der Waals surface area contributed by atoms with Crippen LogP contribution in [-0.4, -0.2) is 33.5 Å². The highest BCUT2D eigenvalue weighted by Crippen LogP contribution is 2.21. The number of anilines is 3. The lowest BCUT2D eigenvalue weighted by molar-refractivity contribution is 0.189. The van der Waals surface area contributed by atoms with E-state index in [0.717, 1.165) is 36.2 Å². The molecule has 2 heterocycles. The van der Waals surface area contributed by atoms with Gasteiger partial charge in [0.15, 0.2) is 0 Å².